The van der Waals surface area contributed by atoms with Crippen LogP contribution in [0.4, 0.5) is 0 Å². The van der Waals surface area contributed by atoms with Gasteiger partial charge in [-0.3, -0.25) is 18.6 Å². The van der Waals surface area contributed by atoms with Crippen molar-refractivity contribution in [2.24, 2.45) is 5.73 Å². The lowest BCUT2D eigenvalue weighted by Gasteiger charge is -2.31. The van der Waals surface area contributed by atoms with E-state index in [9.17, 15) is 19.0 Å². The molecule has 11 nitrogen and oxygen atoms in total. The van der Waals surface area contributed by atoms with E-state index in [1.165, 1.54) is 44.9 Å². The molecule has 1 fully saturated rings. The van der Waals surface area contributed by atoms with Crippen molar-refractivity contribution in [2.75, 3.05) is 26.4 Å². The van der Waals surface area contributed by atoms with Crippen molar-refractivity contribution in [2.45, 2.75) is 102 Å². The van der Waals surface area contributed by atoms with Gasteiger partial charge in [0.05, 0.1) is 19.8 Å². The van der Waals surface area contributed by atoms with Crippen molar-refractivity contribution >= 4 is 19.8 Å². The maximum atomic E-state index is 12.6. The summed E-state index contributed by atoms with van der Waals surface area (Å²) < 4.78 is 39.0. The smallest absolute Gasteiger partial charge is 0.472 e. The molecule has 0 amide bonds. The molecule has 1 aliphatic rings. The van der Waals surface area contributed by atoms with E-state index in [0.717, 1.165) is 24.2 Å². The molecule has 0 aliphatic carbocycles. The minimum Gasteiger partial charge on any atom is -0.493 e. The zero-order valence-electron chi connectivity index (χ0n) is 23.5. The zero-order valence-corrected chi connectivity index (χ0v) is 24.4. The number of benzene rings is 1. The summed E-state index contributed by atoms with van der Waals surface area (Å²) in [6, 6.07) is 6.11. The second kappa shape index (κ2) is 19.2. The number of carboxylic acid groups (broad SMARTS) is 1. The maximum absolute atomic E-state index is 12.6. The summed E-state index contributed by atoms with van der Waals surface area (Å²) in [5.74, 6) is -1.15. The molecular formula is C28H46NO10P. The lowest BCUT2D eigenvalue weighted by Crippen LogP contribution is -2.42. The van der Waals surface area contributed by atoms with Gasteiger partial charge in [0.1, 0.15) is 17.9 Å². The maximum Gasteiger partial charge on any atom is 0.472 e. The molecule has 0 spiro atoms. The Balaban J connectivity index is 1.74. The number of rotatable bonds is 21. The number of carboxylic acids is 1. The standard InChI is InChI=1S/C28H46NO10P/c1-2-3-4-5-6-7-8-9-12-18-36-24-14-11-10-13-22(24)15-16-27(30)38-26-21-35-19-17-25(26)39-40(33,34)37-20-23(29)28(31)32/h10-11,13-14,23,25-26H,2-9,12,15-21,29H2,1H3,(H,31,32)(H,33,34)/t23-,25-,26+/m0/s1. The van der Waals surface area contributed by atoms with Crippen LogP contribution in [0.15, 0.2) is 24.3 Å². The van der Waals surface area contributed by atoms with Gasteiger partial charge >= 0.3 is 19.8 Å². The van der Waals surface area contributed by atoms with Crippen LogP contribution in [0.1, 0.15) is 83.1 Å². The van der Waals surface area contributed by atoms with E-state index in [2.05, 4.69) is 6.92 Å². The quantitative estimate of drug-likeness (QED) is 0.103. The number of ether oxygens (including phenoxy) is 3. The van der Waals surface area contributed by atoms with Crippen LogP contribution in [0.2, 0.25) is 0 Å². The summed E-state index contributed by atoms with van der Waals surface area (Å²) >= 11 is 0. The molecule has 40 heavy (non-hydrogen) atoms. The summed E-state index contributed by atoms with van der Waals surface area (Å²) in [5.41, 5.74) is 6.19. The number of hydrogen-bond acceptors (Lipinski definition) is 9. The summed E-state index contributed by atoms with van der Waals surface area (Å²) in [5, 5.41) is 8.80. The average Bonchev–Trinajstić information content (AvgIpc) is 2.93. The topological polar surface area (TPSA) is 164 Å². The normalized spacial score (nSPS) is 19.5. The van der Waals surface area contributed by atoms with Gasteiger partial charge in [0.15, 0.2) is 6.10 Å². The molecule has 1 unspecified atom stereocenters. The minimum absolute atomic E-state index is 0.0104. The summed E-state index contributed by atoms with van der Waals surface area (Å²) in [7, 11) is -4.64. The number of hydrogen-bond donors (Lipinski definition) is 3. The van der Waals surface area contributed by atoms with Gasteiger partial charge in [-0.05, 0) is 24.5 Å². The molecule has 1 aromatic carbocycles. The van der Waals surface area contributed by atoms with E-state index >= 15 is 0 Å². The minimum atomic E-state index is -4.64. The van der Waals surface area contributed by atoms with E-state index in [1.54, 1.807) is 0 Å². The highest BCUT2D eigenvalue weighted by Crippen LogP contribution is 2.46. The molecule has 0 saturated carbocycles. The third-order valence-electron chi connectivity index (χ3n) is 6.61. The number of esters is 1. The lowest BCUT2D eigenvalue weighted by molar-refractivity contribution is -0.166. The van der Waals surface area contributed by atoms with Crippen LogP contribution in [0, 0.1) is 0 Å². The van der Waals surface area contributed by atoms with Crippen LogP contribution in [0.5, 0.6) is 5.75 Å². The van der Waals surface area contributed by atoms with Crippen molar-refractivity contribution in [3.05, 3.63) is 29.8 Å². The number of aliphatic carboxylic acids is 1. The molecule has 2 rings (SSSR count). The van der Waals surface area contributed by atoms with Crippen molar-refractivity contribution in [3.8, 4) is 5.75 Å². The van der Waals surface area contributed by atoms with E-state index in [1.807, 2.05) is 24.3 Å². The third-order valence-corrected chi connectivity index (χ3v) is 7.62. The van der Waals surface area contributed by atoms with E-state index in [4.69, 9.17) is 34.1 Å². The SMILES string of the molecule is CCCCCCCCCCCOc1ccccc1CCC(=O)O[C@@H]1COCC[C@@H]1OP(=O)(O)OC[C@H](N)C(=O)O. The molecule has 1 aromatic rings. The first-order valence-corrected chi connectivity index (χ1v) is 15.8. The van der Waals surface area contributed by atoms with Crippen LogP contribution in [-0.4, -0.2) is 66.6 Å². The monoisotopic (exact) mass is 587 g/mol. The number of carbonyl (C=O) groups is 2. The Morgan fingerprint density at radius 1 is 1.07 bits per heavy atom. The molecule has 1 heterocycles. The molecule has 12 heteroatoms. The van der Waals surface area contributed by atoms with Gasteiger partial charge in [-0.2, -0.15) is 0 Å². The summed E-state index contributed by atoms with van der Waals surface area (Å²) in [6.07, 6.45) is 9.92. The van der Waals surface area contributed by atoms with Crippen LogP contribution in [0.3, 0.4) is 0 Å². The van der Waals surface area contributed by atoms with Crippen LogP contribution in [-0.2, 0) is 39.1 Å². The first-order chi connectivity index (χ1) is 19.2. The molecule has 0 bridgehead atoms. The largest absolute Gasteiger partial charge is 0.493 e. The Bertz CT molecular complexity index is 930. The fraction of sp³-hybridized carbons (Fsp3) is 0.714. The van der Waals surface area contributed by atoms with Gasteiger partial charge in [-0.25, -0.2) is 4.57 Å². The number of unbranched alkanes of at least 4 members (excludes halogenated alkanes) is 8. The first-order valence-electron chi connectivity index (χ1n) is 14.3. The van der Waals surface area contributed by atoms with E-state index in [0.29, 0.717) is 13.0 Å². The van der Waals surface area contributed by atoms with Gasteiger partial charge < -0.3 is 29.9 Å². The fourth-order valence-electron chi connectivity index (χ4n) is 4.28. The van der Waals surface area contributed by atoms with E-state index in [-0.39, 0.29) is 26.1 Å². The predicted molar refractivity (Wildman–Crippen MR) is 149 cm³/mol. The van der Waals surface area contributed by atoms with Crippen molar-refractivity contribution in [1.82, 2.24) is 0 Å². The molecule has 228 valence electrons. The number of aryl methyl sites for hydroxylation is 1. The summed E-state index contributed by atoms with van der Waals surface area (Å²) in [6.45, 7) is 2.36. The molecule has 1 aliphatic heterocycles. The number of phosphoric acid groups is 1. The van der Waals surface area contributed by atoms with Gasteiger partial charge in [0.25, 0.3) is 0 Å². The average molecular weight is 588 g/mol. The van der Waals surface area contributed by atoms with Crippen molar-refractivity contribution < 1.29 is 47.4 Å². The van der Waals surface area contributed by atoms with Gasteiger partial charge in [-0.1, -0.05) is 76.5 Å². The molecular weight excluding hydrogens is 541 g/mol. The van der Waals surface area contributed by atoms with Crippen molar-refractivity contribution in [3.63, 3.8) is 0 Å². The summed E-state index contributed by atoms with van der Waals surface area (Å²) in [4.78, 5) is 33.4. The van der Waals surface area contributed by atoms with Gasteiger partial charge in [0, 0.05) is 19.4 Å². The molecule has 0 aromatic heterocycles. The second-order valence-corrected chi connectivity index (χ2v) is 11.4. The Morgan fingerprint density at radius 2 is 1.75 bits per heavy atom. The number of phosphoric ester groups is 1. The number of carbonyl (C=O) groups excluding carboxylic acids is 1. The number of nitrogens with two attached hydrogens (primary N) is 1. The lowest BCUT2D eigenvalue weighted by atomic mass is 10.1. The van der Waals surface area contributed by atoms with Crippen LogP contribution >= 0.6 is 7.82 Å². The molecule has 1 saturated heterocycles. The highest BCUT2D eigenvalue weighted by atomic mass is 31.2. The molecule has 0 radical (unpaired) electrons. The van der Waals surface area contributed by atoms with Crippen molar-refractivity contribution in [1.29, 1.82) is 0 Å². The van der Waals surface area contributed by atoms with E-state index < -0.39 is 44.6 Å². The van der Waals surface area contributed by atoms with Gasteiger partial charge in [0.2, 0.25) is 0 Å². The Morgan fingerprint density at radius 3 is 2.45 bits per heavy atom. The molecule has 4 atom stereocenters. The van der Waals surface area contributed by atoms with Crippen LogP contribution < -0.4 is 10.5 Å². The first kappa shape index (κ1) is 34.2. The molecule has 4 N–H and O–H groups in total. The Kier molecular flexibility index (Phi) is 16.4. The third kappa shape index (κ3) is 14.1. The predicted octanol–water partition coefficient (Wildman–Crippen LogP) is 4.78. The fourth-order valence-corrected chi connectivity index (χ4v) is 5.27. The zero-order chi connectivity index (χ0) is 29.2. The Labute approximate surface area is 237 Å². The van der Waals surface area contributed by atoms with Gasteiger partial charge in [-0.15, -0.1) is 0 Å². The highest BCUT2D eigenvalue weighted by Gasteiger charge is 2.37. The Hall–Kier alpha value is -2.01. The van der Waals surface area contributed by atoms with Crippen LogP contribution in [0.25, 0.3) is 0 Å². The highest BCUT2D eigenvalue weighted by molar-refractivity contribution is 7.47. The number of para-hydroxylation sites is 1. The second-order valence-electron chi connectivity index (χ2n) is 10.0.